The van der Waals surface area contributed by atoms with Gasteiger partial charge in [0.2, 0.25) is 0 Å². The highest BCUT2D eigenvalue weighted by Gasteiger charge is 2.32. The molecule has 2 N–H and O–H groups in total. The molecule has 1 aliphatic rings. The first-order valence-electron chi connectivity index (χ1n) is 9.62. The number of pyridine rings is 1. The van der Waals surface area contributed by atoms with E-state index in [9.17, 15) is 14.0 Å². The number of halogens is 2. The fourth-order valence-corrected chi connectivity index (χ4v) is 4.03. The Bertz CT molecular complexity index is 1280. The van der Waals surface area contributed by atoms with E-state index in [-0.39, 0.29) is 24.3 Å². The van der Waals surface area contributed by atoms with E-state index in [1.54, 1.807) is 29.2 Å². The van der Waals surface area contributed by atoms with E-state index in [1.165, 1.54) is 12.1 Å². The Balaban J connectivity index is 1.73. The number of hydrogen-bond acceptors (Lipinski definition) is 4. The molecule has 0 bridgehead atoms. The number of urea groups is 1. The van der Waals surface area contributed by atoms with E-state index >= 15 is 0 Å². The minimum absolute atomic E-state index is 0.160. The molecule has 2 aromatic carbocycles. The van der Waals surface area contributed by atoms with E-state index in [1.807, 2.05) is 6.92 Å². The Hall–Kier alpha value is -3.41. The monoisotopic (exact) mass is 440 g/mol. The van der Waals surface area contributed by atoms with Gasteiger partial charge in [-0.2, -0.15) is 5.26 Å². The van der Waals surface area contributed by atoms with Crippen LogP contribution in [0.1, 0.15) is 29.8 Å². The lowest BCUT2D eigenvalue weighted by atomic mass is 9.95. The third-order valence-electron chi connectivity index (χ3n) is 5.28. The highest BCUT2D eigenvalue weighted by molar-refractivity contribution is 6.31. The van der Waals surface area contributed by atoms with Crippen molar-refractivity contribution in [2.45, 2.75) is 19.6 Å². The van der Waals surface area contributed by atoms with Crippen LogP contribution in [0.3, 0.4) is 0 Å². The Morgan fingerprint density at radius 2 is 2.16 bits per heavy atom. The summed E-state index contributed by atoms with van der Waals surface area (Å²) in [4.78, 5) is 30.0. The van der Waals surface area contributed by atoms with Crippen LogP contribution in [0.4, 0.5) is 14.9 Å². The van der Waals surface area contributed by atoms with Crippen LogP contribution in [0.2, 0.25) is 5.02 Å². The number of likely N-dealkylation sites (N-methyl/N-ethyl adjacent to an activating group) is 1. The third-order valence-corrected chi connectivity index (χ3v) is 5.51. The Morgan fingerprint density at radius 1 is 1.35 bits per heavy atom. The fraction of sp³-hybridized carbons (Fsp3) is 0.227. The summed E-state index contributed by atoms with van der Waals surface area (Å²) in [7, 11) is 0. The highest BCUT2D eigenvalue weighted by Crippen LogP contribution is 2.34. The first-order chi connectivity index (χ1) is 14.9. The van der Waals surface area contributed by atoms with Crippen molar-refractivity contribution in [2.75, 3.05) is 18.5 Å². The van der Waals surface area contributed by atoms with Gasteiger partial charge in [0.15, 0.2) is 0 Å². The molecule has 1 aromatic heterocycles. The molecule has 0 aliphatic carbocycles. The Morgan fingerprint density at radius 3 is 2.90 bits per heavy atom. The predicted octanol–water partition coefficient (Wildman–Crippen LogP) is 4.32. The van der Waals surface area contributed by atoms with Gasteiger partial charge < -0.3 is 19.9 Å². The van der Waals surface area contributed by atoms with Gasteiger partial charge >= 0.3 is 6.03 Å². The van der Waals surface area contributed by atoms with Gasteiger partial charge in [-0.05, 0) is 42.6 Å². The number of nitrogens with zero attached hydrogens (tertiary/aromatic N) is 2. The van der Waals surface area contributed by atoms with Crippen LogP contribution in [0, 0.1) is 17.1 Å². The number of benzene rings is 2. The van der Waals surface area contributed by atoms with Crippen LogP contribution in [-0.4, -0.2) is 29.1 Å². The van der Waals surface area contributed by atoms with Gasteiger partial charge in [-0.15, -0.1) is 0 Å². The number of nitriles is 1. The Kier molecular flexibility index (Phi) is 5.63. The van der Waals surface area contributed by atoms with Gasteiger partial charge in [-0.1, -0.05) is 17.7 Å². The molecular formula is C22H18ClFN4O3. The van der Waals surface area contributed by atoms with Crippen LogP contribution in [0.25, 0.3) is 10.8 Å². The van der Waals surface area contributed by atoms with E-state index in [0.717, 1.165) is 11.6 Å². The molecule has 2 amide bonds. The molecule has 1 aliphatic heterocycles. The number of fused-ring (bicyclic) bond motifs is 3. The van der Waals surface area contributed by atoms with Gasteiger partial charge in [0.25, 0.3) is 5.56 Å². The lowest BCUT2D eigenvalue weighted by Crippen LogP contribution is -2.42. The van der Waals surface area contributed by atoms with E-state index in [4.69, 9.17) is 21.6 Å². The molecule has 158 valence electrons. The molecule has 3 aromatic rings. The standard InChI is InChI=1S/C22H18ClFN4O3/c1-2-28(22(30)26-14-4-6-17(24)12(7-14)9-25)19-11-31-10-18-20(19)15-5-3-13(23)8-16(15)21(29)27-18/h3-8,19H,2,10-11H2,1H3,(H,26,30)(H,27,29)/t19-/m0/s1. The van der Waals surface area contributed by atoms with Crippen LogP contribution >= 0.6 is 11.6 Å². The zero-order chi connectivity index (χ0) is 22.1. The lowest BCUT2D eigenvalue weighted by molar-refractivity contribution is 0.0471. The number of amides is 2. The maximum absolute atomic E-state index is 13.6. The van der Waals surface area contributed by atoms with Gasteiger partial charge in [-0.3, -0.25) is 4.79 Å². The average molecular weight is 441 g/mol. The summed E-state index contributed by atoms with van der Waals surface area (Å²) in [5.41, 5.74) is 1.27. The van der Waals surface area contributed by atoms with E-state index in [0.29, 0.717) is 33.7 Å². The second-order valence-electron chi connectivity index (χ2n) is 7.09. The number of nitrogens with one attached hydrogen (secondary N) is 2. The number of carbonyl (C=O) groups is 1. The molecule has 0 fully saturated rings. The Labute approximate surface area is 182 Å². The van der Waals surface area contributed by atoms with Crippen molar-refractivity contribution in [3.8, 4) is 6.07 Å². The fourth-order valence-electron chi connectivity index (χ4n) is 3.86. The summed E-state index contributed by atoms with van der Waals surface area (Å²) < 4.78 is 19.3. The minimum Gasteiger partial charge on any atom is -0.373 e. The maximum Gasteiger partial charge on any atom is 0.322 e. The smallest absolute Gasteiger partial charge is 0.322 e. The summed E-state index contributed by atoms with van der Waals surface area (Å²) in [5.74, 6) is -0.656. The topological polar surface area (TPSA) is 98.2 Å². The molecule has 2 heterocycles. The second-order valence-corrected chi connectivity index (χ2v) is 7.53. The summed E-state index contributed by atoms with van der Waals surface area (Å²) in [6, 6.07) is 9.72. The number of aromatic amines is 1. The van der Waals surface area contributed by atoms with Crippen molar-refractivity contribution in [3.05, 3.63) is 74.4 Å². The molecule has 4 rings (SSSR count). The van der Waals surface area contributed by atoms with Gasteiger partial charge in [-0.25, -0.2) is 9.18 Å². The van der Waals surface area contributed by atoms with E-state index in [2.05, 4.69) is 10.3 Å². The van der Waals surface area contributed by atoms with Crippen LogP contribution < -0.4 is 10.9 Å². The number of hydrogen-bond donors (Lipinski definition) is 2. The number of aromatic nitrogens is 1. The van der Waals surface area contributed by atoms with Crippen molar-refractivity contribution in [1.82, 2.24) is 9.88 Å². The van der Waals surface area contributed by atoms with Crippen molar-refractivity contribution < 1.29 is 13.9 Å². The maximum atomic E-state index is 13.6. The molecule has 0 saturated carbocycles. The van der Waals surface area contributed by atoms with Crippen molar-refractivity contribution in [1.29, 1.82) is 5.26 Å². The minimum atomic E-state index is -0.656. The third kappa shape index (κ3) is 3.85. The zero-order valence-corrected chi connectivity index (χ0v) is 17.3. The first kappa shape index (κ1) is 20.8. The van der Waals surface area contributed by atoms with Gasteiger partial charge in [0.05, 0.1) is 24.8 Å². The number of rotatable bonds is 3. The van der Waals surface area contributed by atoms with E-state index < -0.39 is 17.9 Å². The molecule has 9 heteroatoms. The lowest BCUT2D eigenvalue weighted by Gasteiger charge is -2.35. The number of ether oxygens (including phenoxy) is 1. The molecule has 0 unspecified atom stereocenters. The van der Waals surface area contributed by atoms with Gasteiger partial charge in [0, 0.05) is 33.9 Å². The molecule has 1 atom stereocenters. The second kappa shape index (κ2) is 8.38. The predicted molar refractivity (Wildman–Crippen MR) is 114 cm³/mol. The molecule has 0 saturated heterocycles. The normalized spacial score (nSPS) is 15.2. The highest BCUT2D eigenvalue weighted by atomic mass is 35.5. The van der Waals surface area contributed by atoms with Crippen molar-refractivity contribution in [2.24, 2.45) is 0 Å². The molecule has 0 spiro atoms. The van der Waals surface area contributed by atoms with Crippen molar-refractivity contribution >= 4 is 34.1 Å². The van der Waals surface area contributed by atoms with Crippen LogP contribution in [-0.2, 0) is 11.3 Å². The first-order valence-corrected chi connectivity index (χ1v) is 10.00. The van der Waals surface area contributed by atoms with Crippen LogP contribution in [0.15, 0.2) is 41.2 Å². The van der Waals surface area contributed by atoms with Crippen molar-refractivity contribution in [3.63, 3.8) is 0 Å². The molecule has 0 radical (unpaired) electrons. The summed E-state index contributed by atoms with van der Waals surface area (Å²) in [6.45, 7) is 2.64. The summed E-state index contributed by atoms with van der Waals surface area (Å²) >= 11 is 6.07. The number of carbonyl (C=O) groups excluding carboxylic acids is 1. The molecule has 31 heavy (non-hydrogen) atoms. The van der Waals surface area contributed by atoms with Crippen LogP contribution in [0.5, 0.6) is 0 Å². The average Bonchev–Trinajstić information content (AvgIpc) is 2.76. The number of H-pyrrole nitrogens is 1. The van der Waals surface area contributed by atoms with Gasteiger partial charge in [0.1, 0.15) is 11.9 Å². The summed E-state index contributed by atoms with van der Waals surface area (Å²) in [5, 5.41) is 13.3. The summed E-state index contributed by atoms with van der Waals surface area (Å²) in [6.07, 6.45) is 0. The SMILES string of the molecule is CCN(C(=O)Nc1ccc(F)c(C#N)c1)[C@H]1COCc2[nH]c(=O)c3cc(Cl)ccc3c21. The molecule has 7 nitrogen and oxygen atoms in total. The quantitative estimate of drug-likeness (QED) is 0.633. The largest absolute Gasteiger partial charge is 0.373 e. The zero-order valence-electron chi connectivity index (χ0n) is 16.5. The number of anilines is 1. The molecular weight excluding hydrogens is 423 g/mol.